The van der Waals surface area contributed by atoms with Gasteiger partial charge in [-0.15, -0.1) is 0 Å². The molecule has 3 rings (SSSR count). The summed E-state index contributed by atoms with van der Waals surface area (Å²) in [7, 11) is -7.15. The first-order valence-electron chi connectivity index (χ1n) is 7.55. The normalized spacial score (nSPS) is 23.4. The topological polar surface area (TPSA) is 93.5 Å². The Morgan fingerprint density at radius 2 is 1.88 bits per heavy atom. The average Bonchev–Trinajstić information content (AvgIpc) is 3.13. The molecule has 1 fully saturated rings. The van der Waals surface area contributed by atoms with Crippen LogP contribution in [0.15, 0.2) is 52.0 Å². The largest absolute Gasteiger partial charge is 0.468 e. The summed E-state index contributed by atoms with van der Waals surface area (Å²) in [5, 5.41) is 2.03. The standard InChI is InChI=1S/C16H19NO5S2/c1-12-4-6-14(7-5-12)24(20,21)16-11-23(18,19)10-15(16)17-9-13-3-2-8-22-13/h2-8,15-17H,9-11H2,1H3/t15-,16-/m1/s1. The van der Waals surface area contributed by atoms with Gasteiger partial charge in [0, 0.05) is 6.04 Å². The Kier molecular flexibility index (Phi) is 4.54. The van der Waals surface area contributed by atoms with Crippen LogP contribution in [0.25, 0.3) is 0 Å². The third-order valence-electron chi connectivity index (χ3n) is 4.17. The van der Waals surface area contributed by atoms with Crippen molar-refractivity contribution in [3.63, 3.8) is 0 Å². The van der Waals surface area contributed by atoms with E-state index in [9.17, 15) is 16.8 Å². The van der Waals surface area contributed by atoms with Gasteiger partial charge in [-0.25, -0.2) is 16.8 Å². The molecule has 0 radical (unpaired) electrons. The van der Waals surface area contributed by atoms with E-state index in [1.807, 2.05) is 6.92 Å². The molecule has 0 unspecified atom stereocenters. The number of aryl methyl sites for hydroxylation is 1. The summed E-state index contributed by atoms with van der Waals surface area (Å²) in [4.78, 5) is 0.153. The molecule has 0 saturated carbocycles. The van der Waals surface area contributed by atoms with Crippen molar-refractivity contribution >= 4 is 19.7 Å². The maximum absolute atomic E-state index is 12.9. The Morgan fingerprint density at radius 1 is 1.17 bits per heavy atom. The lowest BCUT2D eigenvalue weighted by molar-refractivity contribution is 0.454. The summed E-state index contributed by atoms with van der Waals surface area (Å²) in [6, 6.07) is 9.29. The van der Waals surface area contributed by atoms with Crippen LogP contribution in [0.2, 0.25) is 0 Å². The molecular weight excluding hydrogens is 350 g/mol. The molecule has 1 saturated heterocycles. The van der Waals surface area contributed by atoms with Gasteiger partial charge in [-0.1, -0.05) is 17.7 Å². The quantitative estimate of drug-likeness (QED) is 0.854. The minimum Gasteiger partial charge on any atom is -0.468 e. The van der Waals surface area contributed by atoms with Crippen LogP contribution in [0.5, 0.6) is 0 Å². The molecule has 0 spiro atoms. The molecule has 1 N–H and O–H groups in total. The third-order valence-corrected chi connectivity index (χ3v) is 8.33. The monoisotopic (exact) mass is 369 g/mol. The van der Waals surface area contributed by atoms with E-state index in [1.165, 1.54) is 18.4 Å². The number of hydrogen-bond acceptors (Lipinski definition) is 6. The first-order valence-corrected chi connectivity index (χ1v) is 10.9. The highest BCUT2D eigenvalue weighted by atomic mass is 32.2. The molecule has 130 valence electrons. The van der Waals surface area contributed by atoms with Crippen LogP contribution in [0.4, 0.5) is 0 Å². The highest BCUT2D eigenvalue weighted by Crippen LogP contribution is 2.26. The van der Waals surface area contributed by atoms with Gasteiger partial charge in [0.25, 0.3) is 0 Å². The Morgan fingerprint density at radius 3 is 2.50 bits per heavy atom. The summed E-state index contributed by atoms with van der Waals surface area (Å²) >= 11 is 0. The van der Waals surface area contributed by atoms with Crippen LogP contribution in [0.3, 0.4) is 0 Å². The average molecular weight is 369 g/mol. The van der Waals surface area contributed by atoms with Gasteiger partial charge in [0.2, 0.25) is 0 Å². The number of furan rings is 1. The Balaban J connectivity index is 1.86. The highest BCUT2D eigenvalue weighted by Gasteiger charge is 2.45. The minimum atomic E-state index is -3.74. The van der Waals surface area contributed by atoms with Gasteiger partial charge in [-0.05, 0) is 31.2 Å². The lowest BCUT2D eigenvalue weighted by Crippen LogP contribution is -2.42. The fraction of sp³-hybridized carbons (Fsp3) is 0.375. The van der Waals surface area contributed by atoms with E-state index in [-0.39, 0.29) is 22.9 Å². The van der Waals surface area contributed by atoms with Crippen molar-refractivity contribution in [3.05, 3.63) is 54.0 Å². The molecule has 8 heteroatoms. The summed E-state index contributed by atoms with van der Waals surface area (Å²) in [5.74, 6) is 0.0773. The van der Waals surface area contributed by atoms with Crippen LogP contribution in [0.1, 0.15) is 11.3 Å². The molecule has 2 atom stereocenters. The molecule has 2 heterocycles. The molecule has 2 aromatic rings. The molecule has 1 aromatic heterocycles. The molecular formula is C16H19NO5S2. The number of hydrogen-bond donors (Lipinski definition) is 1. The smallest absolute Gasteiger partial charge is 0.183 e. The van der Waals surface area contributed by atoms with E-state index < -0.39 is 31.0 Å². The van der Waals surface area contributed by atoms with Gasteiger partial charge in [0.1, 0.15) is 5.76 Å². The SMILES string of the molecule is Cc1ccc(S(=O)(=O)[C@@H]2CS(=O)(=O)C[C@H]2NCc2ccco2)cc1. The van der Waals surface area contributed by atoms with Crippen molar-refractivity contribution in [2.75, 3.05) is 11.5 Å². The fourth-order valence-corrected chi connectivity index (χ4v) is 7.58. The van der Waals surface area contributed by atoms with Gasteiger partial charge < -0.3 is 9.73 Å². The highest BCUT2D eigenvalue weighted by molar-refractivity contribution is 7.96. The summed E-state index contributed by atoms with van der Waals surface area (Å²) in [6.45, 7) is 2.15. The molecule has 0 amide bonds. The van der Waals surface area contributed by atoms with Gasteiger partial charge in [-0.3, -0.25) is 0 Å². The van der Waals surface area contributed by atoms with Gasteiger partial charge >= 0.3 is 0 Å². The van der Waals surface area contributed by atoms with Crippen molar-refractivity contribution in [3.8, 4) is 0 Å². The zero-order valence-corrected chi connectivity index (χ0v) is 14.8. The number of sulfone groups is 2. The van der Waals surface area contributed by atoms with Crippen molar-refractivity contribution in [2.24, 2.45) is 0 Å². The zero-order valence-electron chi connectivity index (χ0n) is 13.2. The van der Waals surface area contributed by atoms with Crippen LogP contribution in [-0.2, 0) is 26.2 Å². The van der Waals surface area contributed by atoms with E-state index in [4.69, 9.17) is 4.42 Å². The number of rotatable bonds is 5. The lowest BCUT2D eigenvalue weighted by atomic mass is 10.2. The van der Waals surface area contributed by atoms with Crippen molar-refractivity contribution in [2.45, 2.75) is 29.7 Å². The van der Waals surface area contributed by atoms with E-state index in [0.717, 1.165) is 5.56 Å². The second-order valence-corrected chi connectivity index (χ2v) is 10.4. The van der Waals surface area contributed by atoms with E-state index in [1.54, 1.807) is 24.3 Å². The third kappa shape index (κ3) is 3.55. The second-order valence-electron chi connectivity index (χ2n) is 6.04. The summed E-state index contributed by atoms with van der Waals surface area (Å²) in [5.41, 5.74) is 0.945. The predicted molar refractivity (Wildman–Crippen MR) is 90.1 cm³/mol. The van der Waals surface area contributed by atoms with Crippen LogP contribution in [0, 0.1) is 6.92 Å². The Hall–Kier alpha value is -1.64. The molecule has 1 aliphatic rings. The van der Waals surface area contributed by atoms with Crippen LogP contribution < -0.4 is 5.32 Å². The van der Waals surface area contributed by atoms with E-state index >= 15 is 0 Å². The zero-order chi connectivity index (χ0) is 17.4. The molecule has 1 aromatic carbocycles. The van der Waals surface area contributed by atoms with E-state index in [2.05, 4.69) is 5.32 Å². The van der Waals surface area contributed by atoms with Gasteiger partial charge in [-0.2, -0.15) is 0 Å². The fourth-order valence-electron chi connectivity index (χ4n) is 2.86. The molecule has 1 aliphatic heterocycles. The van der Waals surface area contributed by atoms with Gasteiger partial charge in [0.05, 0.1) is 34.5 Å². The first-order chi connectivity index (χ1) is 11.3. The number of benzene rings is 1. The van der Waals surface area contributed by atoms with Crippen molar-refractivity contribution in [1.82, 2.24) is 5.32 Å². The minimum absolute atomic E-state index is 0.153. The molecule has 0 bridgehead atoms. The van der Waals surface area contributed by atoms with Gasteiger partial charge in [0.15, 0.2) is 19.7 Å². The first kappa shape index (κ1) is 17.2. The predicted octanol–water partition coefficient (Wildman–Crippen LogP) is 1.32. The molecule has 6 nitrogen and oxygen atoms in total. The van der Waals surface area contributed by atoms with Crippen LogP contribution >= 0.6 is 0 Å². The van der Waals surface area contributed by atoms with Crippen LogP contribution in [-0.4, -0.2) is 39.6 Å². The lowest BCUT2D eigenvalue weighted by Gasteiger charge is -2.19. The Bertz CT molecular complexity index is 900. The summed E-state index contributed by atoms with van der Waals surface area (Å²) < 4.78 is 55.0. The van der Waals surface area contributed by atoms with E-state index in [0.29, 0.717) is 5.76 Å². The number of nitrogens with one attached hydrogen (secondary N) is 1. The van der Waals surface area contributed by atoms with Crippen molar-refractivity contribution in [1.29, 1.82) is 0 Å². The maximum Gasteiger partial charge on any atom is 0.183 e. The molecule has 0 aliphatic carbocycles. The maximum atomic E-state index is 12.9. The second kappa shape index (κ2) is 6.34. The van der Waals surface area contributed by atoms with Crippen molar-refractivity contribution < 1.29 is 21.3 Å². The molecule has 24 heavy (non-hydrogen) atoms. The summed E-state index contributed by atoms with van der Waals surface area (Å²) in [6.07, 6.45) is 1.52. The Labute approximate surface area is 141 Å².